The van der Waals surface area contributed by atoms with Gasteiger partial charge in [-0.3, -0.25) is 14.3 Å². The van der Waals surface area contributed by atoms with E-state index >= 15 is 0 Å². The molecule has 4 rings (SSSR count). The number of thiophene rings is 1. The molecule has 0 saturated carbocycles. The molecular formula is C26H26ClN3O3S. The van der Waals surface area contributed by atoms with Crippen LogP contribution in [0.25, 0.3) is 22.0 Å². The smallest absolute Gasteiger partial charge is 0.275 e. The zero-order chi connectivity index (χ0) is 23.9. The number of hydrogen-bond donors (Lipinski definition) is 0. The molecule has 1 saturated heterocycles. The van der Waals surface area contributed by atoms with Gasteiger partial charge in [0.2, 0.25) is 0 Å². The highest BCUT2D eigenvalue weighted by Crippen LogP contribution is 2.30. The van der Waals surface area contributed by atoms with Gasteiger partial charge in [0.1, 0.15) is 17.6 Å². The van der Waals surface area contributed by atoms with E-state index in [9.17, 15) is 4.79 Å². The standard InChI is InChI=1S/C26H26ClN3O3S/c1-3-19(27)8-4-5-9-21-17-22-25(34-21)26(31)30(18-28-22)20-10-11-23(24(16-20)32-2)33-15-14-29-12-6-7-13-29/h3-5,9-11,16-18H,1,6-7,12-15H2,2H3/b9-5+. The Hall–Kier alpha value is -3.09. The average Bonchev–Trinajstić information content (AvgIpc) is 3.52. The molecule has 0 atom stereocenters. The molecule has 2 aromatic heterocycles. The maximum absolute atomic E-state index is 13.2. The molecule has 1 aliphatic rings. The van der Waals surface area contributed by atoms with E-state index in [-0.39, 0.29) is 5.56 Å². The minimum atomic E-state index is -0.135. The molecule has 0 unspecified atom stereocenters. The summed E-state index contributed by atoms with van der Waals surface area (Å²) in [6.07, 6.45) is 11.0. The van der Waals surface area contributed by atoms with Crippen molar-refractivity contribution in [2.75, 3.05) is 33.4 Å². The number of ether oxygens (including phenoxy) is 2. The highest BCUT2D eigenvalue weighted by atomic mass is 35.5. The summed E-state index contributed by atoms with van der Waals surface area (Å²) in [6.45, 7) is 7.34. The Balaban J connectivity index is 1.54. The molecule has 34 heavy (non-hydrogen) atoms. The molecular weight excluding hydrogens is 470 g/mol. The molecule has 1 aromatic carbocycles. The highest BCUT2D eigenvalue weighted by Gasteiger charge is 2.14. The van der Waals surface area contributed by atoms with Gasteiger partial charge in [-0.1, -0.05) is 24.3 Å². The van der Waals surface area contributed by atoms with Gasteiger partial charge in [-0.05, 0) is 62.4 Å². The first-order valence-electron chi connectivity index (χ1n) is 11.0. The van der Waals surface area contributed by atoms with Crippen LogP contribution in [0.3, 0.4) is 0 Å². The van der Waals surface area contributed by atoms with E-state index in [1.54, 1.807) is 25.6 Å². The molecule has 0 aliphatic carbocycles. The number of likely N-dealkylation sites (tertiary alicyclic amines) is 1. The van der Waals surface area contributed by atoms with Crippen molar-refractivity contribution >= 4 is 39.2 Å². The Morgan fingerprint density at radius 3 is 2.88 bits per heavy atom. The van der Waals surface area contributed by atoms with Gasteiger partial charge in [0.05, 0.1) is 23.3 Å². The fraction of sp³-hybridized carbons (Fsp3) is 0.269. The first-order valence-corrected chi connectivity index (χ1v) is 12.2. The number of aromatic nitrogens is 2. The van der Waals surface area contributed by atoms with Crippen molar-refractivity contribution in [3.8, 4) is 17.2 Å². The van der Waals surface area contributed by atoms with Gasteiger partial charge >= 0.3 is 0 Å². The first-order chi connectivity index (χ1) is 16.6. The lowest BCUT2D eigenvalue weighted by Crippen LogP contribution is -2.25. The van der Waals surface area contributed by atoms with Gasteiger partial charge in [0.25, 0.3) is 5.56 Å². The maximum atomic E-state index is 13.2. The fourth-order valence-corrected chi connectivity index (χ4v) is 4.76. The Bertz CT molecular complexity index is 1330. The molecule has 3 heterocycles. The first kappa shape index (κ1) is 24.0. The minimum absolute atomic E-state index is 0.135. The van der Waals surface area contributed by atoms with Gasteiger partial charge in [-0.2, -0.15) is 0 Å². The van der Waals surface area contributed by atoms with Gasteiger partial charge in [0, 0.05) is 17.5 Å². The lowest BCUT2D eigenvalue weighted by atomic mass is 10.2. The zero-order valence-corrected chi connectivity index (χ0v) is 20.6. The maximum Gasteiger partial charge on any atom is 0.275 e. The van der Waals surface area contributed by atoms with Crippen LogP contribution in [0.2, 0.25) is 0 Å². The van der Waals surface area contributed by atoms with Crippen molar-refractivity contribution in [2.24, 2.45) is 0 Å². The van der Waals surface area contributed by atoms with E-state index in [0.717, 1.165) is 24.5 Å². The molecule has 1 aliphatic heterocycles. The van der Waals surface area contributed by atoms with Gasteiger partial charge in [0.15, 0.2) is 11.5 Å². The van der Waals surface area contributed by atoms with Crippen molar-refractivity contribution in [3.05, 3.63) is 81.4 Å². The second kappa shape index (κ2) is 11.4. The van der Waals surface area contributed by atoms with Crippen LogP contribution < -0.4 is 15.0 Å². The van der Waals surface area contributed by atoms with Gasteiger partial charge < -0.3 is 9.47 Å². The van der Waals surface area contributed by atoms with E-state index in [1.807, 2.05) is 30.4 Å². The number of allylic oxidation sites excluding steroid dienone is 3. The number of hydrogen-bond acceptors (Lipinski definition) is 6. The number of rotatable bonds is 9. The van der Waals surface area contributed by atoms with Crippen molar-refractivity contribution < 1.29 is 9.47 Å². The van der Waals surface area contributed by atoms with E-state index in [1.165, 1.54) is 34.8 Å². The number of halogens is 1. The third kappa shape index (κ3) is 5.69. The summed E-state index contributed by atoms with van der Waals surface area (Å²) in [6, 6.07) is 7.37. The van der Waals surface area contributed by atoms with Crippen molar-refractivity contribution in [2.45, 2.75) is 12.8 Å². The van der Waals surface area contributed by atoms with E-state index in [4.69, 9.17) is 21.1 Å². The average molecular weight is 496 g/mol. The van der Waals surface area contributed by atoms with Crippen LogP contribution in [0.1, 0.15) is 17.7 Å². The Labute approximate surface area is 207 Å². The molecule has 6 nitrogen and oxygen atoms in total. The number of benzene rings is 1. The van der Waals surface area contributed by atoms with E-state index in [0.29, 0.717) is 39.0 Å². The summed E-state index contributed by atoms with van der Waals surface area (Å²) in [5.41, 5.74) is 4.06. The third-order valence-corrected chi connectivity index (χ3v) is 6.84. The Kier molecular flexibility index (Phi) is 8.03. The summed E-state index contributed by atoms with van der Waals surface area (Å²) in [7, 11) is 1.60. The number of nitrogens with zero attached hydrogens (tertiary/aromatic N) is 3. The van der Waals surface area contributed by atoms with Crippen LogP contribution in [0.5, 0.6) is 11.5 Å². The number of methoxy groups -OCH3 is 1. The summed E-state index contributed by atoms with van der Waals surface area (Å²) < 4.78 is 13.6. The second-order valence-corrected chi connectivity index (χ2v) is 9.23. The van der Waals surface area contributed by atoms with Crippen LogP contribution in [0.15, 0.2) is 71.0 Å². The second-order valence-electron chi connectivity index (χ2n) is 7.74. The summed E-state index contributed by atoms with van der Waals surface area (Å²) in [5.74, 6) is 1.24. The predicted molar refractivity (Wildman–Crippen MR) is 140 cm³/mol. The monoisotopic (exact) mass is 495 g/mol. The van der Waals surface area contributed by atoms with Crippen LogP contribution in [0, 0.1) is 0 Å². The lowest BCUT2D eigenvalue weighted by molar-refractivity contribution is 0.230. The van der Waals surface area contributed by atoms with Crippen LogP contribution in [0.4, 0.5) is 0 Å². The summed E-state index contributed by atoms with van der Waals surface area (Å²) >= 11 is 7.23. The van der Waals surface area contributed by atoms with E-state index < -0.39 is 0 Å². The molecule has 3 aromatic rings. The molecule has 0 N–H and O–H groups in total. The fourth-order valence-electron chi connectivity index (χ4n) is 3.74. The summed E-state index contributed by atoms with van der Waals surface area (Å²) in [4.78, 5) is 21.0. The van der Waals surface area contributed by atoms with Crippen molar-refractivity contribution in [1.29, 1.82) is 0 Å². The SMILES string of the molecule is C=CC(Cl)=C=C/C=C/c1cc2ncn(-c3ccc(OCCN4CCCC4)c(OC)c3)c(=O)c2s1. The third-order valence-electron chi connectivity index (χ3n) is 5.50. The molecule has 0 spiro atoms. The molecule has 0 amide bonds. The quantitative estimate of drug-likeness (QED) is 0.293. The van der Waals surface area contributed by atoms with Crippen LogP contribution in [-0.2, 0) is 0 Å². The largest absolute Gasteiger partial charge is 0.493 e. The lowest BCUT2D eigenvalue weighted by Gasteiger charge is -2.17. The van der Waals surface area contributed by atoms with Crippen LogP contribution >= 0.6 is 22.9 Å². The molecule has 176 valence electrons. The Morgan fingerprint density at radius 1 is 1.29 bits per heavy atom. The summed E-state index contributed by atoms with van der Waals surface area (Å²) in [5, 5.41) is 0.434. The Morgan fingerprint density at radius 2 is 2.12 bits per heavy atom. The number of fused-ring (bicyclic) bond motifs is 1. The molecule has 0 bridgehead atoms. The van der Waals surface area contributed by atoms with Gasteiger partial charge in [-0.15, -0.1) is 17.1 Å². The minimum Gasteiger partial charge on any atom is -0.493 e. The van der Waals surface area contributed by atoms with Crippen molar-refractivity contribution in [3.63, 3.8) is 0 Å². The van der Waals surface area contributed by atoms with Crippen molar-refractivity contribution in [1.82, 2.24) is 14.5 Å². The molecule has 8 heteroatoms. The van der Waals surface area contributed by atoms with Gasteiger partial charge in [-0.25, -0.2) is 4.98 Å². The highest BCUT2D eigenvalue weighted by molar-refractivity contribution is 7.19. The van der Waals surface area contributed by atoms with Crippen LogP contribution in [-0.4, -0.2) is 47.8 Å². The zero-order valence-electron chi connectivity index (χ0n) is 19.0. The molecule has 1 fully saturated rings. The molecule has 0 radical (unpaired) electrons. The van der Waals surface area contributed by atoms with E-state index in [2.05, 4.69) is 22.2 Å². The normalized spacial score (nSPS) is 13.8. The predicted octanol–water partition coefficient (Wildman–Crippen LogP) is 5.41. The topological polar surface area (TPSA) is 56.6 Å².